The number of aromatic nitrogens is 3. The van der Waals surface area contributed by atoms with Crippen LogP contribution in [-0.2, 0) is 20.8 Å². The van der Waals surface area contributed by atoms with Crippen molar-refractivity contribution in [1.29, 1.82) is 0 Å². The molecule has 6 heteroatoms. The van der Waals surface area contributed by atoms with E-state index in [-0.39, 0.29) is 11.7 Å². The lowest BCUT2D eigenvalue weighted by Crippen LogP contribution is -2.23. The molecule has 2 rings (SSSR count). The van der Waals surface area contributed by atoms with Crippen molar-refractivity contribution in [2.75, 3.05) is 13.2 Å². The van der Waals surface area contributed by atoms with Gasteiger partial charge in [-0.2, -0.15) is 0 Å². The molecular formula is C14H25N3O3. The van der Waals surface area contributed by atoms with Crippen LogP contribution in [0, 0.1) is 0 Å². The van der Waals surface area contributed by atoms with Crippen molar-refractivity contribution < 1.29 is 14.2 Å². The van der Waals surface area contributed by atoms with Crippen molar-refractivity contribution in [1.82, 2.24) is 15.0 Å². The Morgan fingerprint density at radius 3 is 2.65 bits per heavy atom. The summed E-state index contributed by atoms with van der Waals surface area (Å²) in [6, 6.07) is 0. The summed E-state index contributed by atoms with van der Waals surface area (Å²) in [6.45, 7) is 10.0. The van der Waals surface area contributed by atoms with Crippen LogP contribution in [0.5, 0.6) is 0 Å². The van der Waals surface area contributed by atoms with Crippen molar-refractivity contribution in [2.24, 2.45) is 0 Å². The molecule has 0 N–H and O–H groups in total. The maximum absolute atomic E-state index is 5.97. The van der Waals surface area contributed by atoms with Crippen LogP contribution < -0.4 is 0 Å². The van der Waals surface area contributed by atoms with Crippen LogP contribution in [0.15, 0.2) is 6.20 Å². The van der Waals surface area contributed by atoms with Gasteiger partial charge in [-0.3, -0.25) is 0 Å². The molecule has 1 aliphatic rings. The molecule has 0 radical (unpaired) electrons. The normalized spacial score (nSPS) is 21.8. The summed E-state index contributed by atoms with van der Waals surface area (Å²) in [7, 11) is 0. The molecule has 114 valence electrons. The summed E-state index contributed by atoms with van der Waals surface area (Å²) in [6.07, 6.45) is 3.80. The zero-order valence-electron chi connectivity index (χ0n) is 12.8. The summed E-state index contributed by atoms with van der Waals surface area (Å²) in [5, 5.41) is 8.28. The SMILES string of the molecule is CCOC(OCC)c1cn(CC2CCC(C)(C)O2)nn1. The van der Waals surface area contributed by atoms with E-state index in [0.717, 1.165) is 19.4 Å². The molecule has 1 unspecified atom stereocenters. The van der Waals surface area contributed by atoms with Crippen LogP contribution in [-0.4, -0.2) is 39.9 Å². The van der Waals surface area contributed by atoms with Gasteiger partial charge in [0.15, 0.2) is 0 Å². The molecule has 0 saturated carbocycles. The maximum Gasteiger partial charge on any atom is 0.204 e. The molecule has 6 nitrogen and oxygen atoms in total. The lowest BCUT2D eigenvalue weighted by molar-refractivity contribution is -0.142. The average molecular weight is 283 g/mol. The molecular weight excluding hydrogens is 258 g/mol. The van der Waals surface area contributed by atoms with Crippen molar-refractivity contribution in [3.63, 3.8) is 0 Å². The van der Waals surface area contributed by atoms with Crippen LogP contribution in [0.4, 0.5) is 0 Å². The summed E-state index contributed by atoms with van der Waals surface area (Å²) < 4.78 is 18.8. The van der Waals surface area contributed by atoms with Crippen molar-refractivity contribution >= 4 is 0 Å². The zero-order chi connectivity index (χ0) is 14.6. The molecule has 20 heavy (non-hydrogen) atoms. The smallest absolute Gasteiger partial charge is 0.204 e. The second-order valence-corrected chi connectivity index (χ2v) is 5.65. The van der Waals surface area contributed by atoms with Crippen LogP contribution in [0.25, 0.3) is 0 Å². The maximum atomic E-state index is 5.97. The first-order valence-electron chi connectivity index (χ1n) is 7.35. The molecule has 1 saturated heterocycles. The predicted molar refractivity (Wildman–Crippen MR) is 74.2 cm³/mol. The zero-order valence-corrected chi connectivity index (χ0v) is 12.8. The van der Waals surface area contributed by atoms with Crippen LogP contribution in [0.1, 0.15) is 52.5 Å². The van der Waals surface area contributed by atoms with Gasteiger partial charge in [0.25, 0.3) is 0 Å². The number of rotatable bonds is 7. The fraction of sp³-hybridized carbons (Fsp3) is 0.857. The van der Waals surface area contributed by atoms with E-state index in [1.165, 1.54) is 0 Å². The largest absolute Gasteiger partial charge is 0.370 e. The molecule has 0 aromatic carbocycles. The molecule has 1 aromatic heterocycles. The third-order valence-corrected chi connectivity index (χ3v) is 3.38. The van der Waals surface area contributed by atoms with Gasteiger partial charge in [-0.1, -0.05) is 5.21 Å². The topological polar surface area (TPSA) is 58.4 Å². The Hall–Kier alpha value is -0.980. The summed E-state index contributed by atoms with van der Waals surface area (Å²) >= 11 is 0. The minimum Gasteiger partial charge on any atom is -0.370 e. The Kier molecular flexibility index (Phi) is 5.12. The van der Waals surface area contributed by atoms with Crippen LogP contribution >= 0.6 is 0 Å². The highest BCUT2D eigenvalue weighted by Gasteiger charge is 2.32. The summed E-state index contributed by atoms with van der Waals surface area (Å²) in [5.74, 6) is 0. The molecule has 1 aromatic rings. The van der Waals surface area contributed by atoms with Gasteiger partial charge in [0.05, 0.1) is 24.4 Å². The number of hydrogen-bond donors (Lipinski definition) is 0. The van der Waals surface area contributed by atoms with E-state index in [1.54, 1.807) is 0 Å². The molecule has 0 bridgehead atoms. The predicted octanol–water partition coefficient (Wildman–Crippen LogP) is 2.31. The van der Waals surface area contributed by atoms with Gasteiger partial charge in [0, 0.05) is 13.2 Å². The van der Waals surface area contributed by atoms with Crippen LogP contribution in [0.3, 0.4) is 0 Å². The molecule has 0 spiro atoms. The minimum absolute atomic E-state index is 0.0206. The van der Waals surface area contributed by atoms with Crippen molar-refractivity contribution in [3.05, 3.63) is 11.9 Å². The number of hydrogen-bond acceptors (Lipinski definition) is 5. The quantitative estimate of drug-likeness (QED) is 0.719. The third kappa shape index (κ3) is 4.01. The Morgan fingerprint density at radius 1 is 1.40 bits per heavy atom. The molecule has 0 aliphatic carbocycles. The van der Waals surface area contributed by atoms with Gasteiger partial charge in [-0.15, -0.1) is 5.10 Å². The second-order valence-electron chi connectivity index (χ2n) is 5.65. The fourth-order valence-corrected chi connectivity index (χ4v) is 2.45. The van der Waals surface area contributed by atoms with Gasteiger partial charge < -0.3 is 14.2 Å². The fourth-order valence-electron chi connectivity index (χ4n) is 2.45. The highest BCUT2D eigenvalue weighted by atomic mass is 16.7. The lowest BCUT2D eigenvalue weighted by Gasteiger charge is -2.19. The number of nitrogens with zero attached hydrogens (tertiary/aromatic N) is 3. The molecule has 1 fully saturated rings. The number of ether oxygens (including phenoxy) is 3. The van der Waals surface area contributed by atoms with Gasteiger partial charge in [-0.05, 0) is 40.5 Å². The Labute approximate surface area is 120 Å². The first kappa shape index (κ1) is 15.4. The van der Waals surface area contributed by atoms with E-state index < -0.39 is 6.29 Å². The molecule has 2 heterocycles. The molecule has 1 aliphatic heterocycles. The minimum atomic E-state index is -0.431. The highest BCUT2D eigenvalue weighted by molar-refractivity contribution is 4.95. The Balaban J connectivity index is 1.94. The Bertz CT molecular complexity index is 414. The van der Waals surface area contributed by atoms with Crippen molar-refractivity contribution in [3.8, 4) is 0 Å². The van der Waals surface area contributed by atoms with E-state index >= 15 is 0 Å². The first-order valence-corrected chi connectivity index (χ1v) is 7.35. The highest BCUT2D eigenvalue weighted by Crippen LogP contribution is 2.30. The molecule has 1 atom stereocenters. The Morgan fingerprint density at radius 2 is 2.10 bits per heavy atom. The monoisotopic (exact) mass is 283 g/mol. The van der Waals surface area contributed by atoms with E-state index in [4.69, 9.17) is 14.2 Å². The van der Waals surface area contributed by atoms with Gasteiger partial charge >= 0.3 is 0 Å². The van der Waals surface area contributed by atoms with Gasteiger partial charge in [0.2, 0.25) is 6.29 Å². The summed E-state index contributed by atoms with van der Waals surface area (Å²) in [5.41, 5.74) is 0.693. The van der Waals surface area contributed by atoms with Crippen molar-refractivity contribution in [2.45, 2.75) is 65.1 Å². The second kappa shape index (κ2) is 6.65. The molecule has 0 amide bonds. The standard InChI is InChI=1S/C14H25N3O3/c1-5-18-13(19-6-2)12-10-17(16-15-12)9-11-7-8-14(3,4)20-11/h10-11,13H,5-9H2,1-4H3. The van der Waals surface area contributed by atoms with E-state index in [9.17, 15) is 0 Å². The van der Waals surface area contributed by atoms with E-state index in [1.807, 2.05) is 24.7 Å². The van der Waals surface area contributed by atoms with Gasteiger partial charge in [-0.25, -0.2) is 4.68 Å². The first-order chi connectivity index (χ1) is 9.54. The van der Waals surface area contributed by atoms with Gasteiger partial charge in [0.1, 0.15) is 5.69 Å². The van der Waals surface area contributed by atoms with Crippen LogP contribution in [0.2, 0.25) is 0 Å². The average Bonchev–Trinajstić information content (AvgIpc) is 2.96. The van der Waals surface area contributed by atoms with E-state index in [0.29, 0.717) is 18.9 Å². The lowest BCUT2D eigenvalue weighted by atomic mass is 10.1. The van der Waals surface area contributed by atoms with E-state index in [2.05, 4.69) is 24.2 Å². The summed E-state index contributed by atoms with van der Waals surface area (Å²) in [4.78, 5) is 0. The third-order valence-electron chi connectivity index (χ3n) is 3.38.